The summed E-state index contributed by atoms with van der Waals surface area (Å²) in [5.74, 6) is -0.364. The zero-order valence-corrected chi connectivity index (χ0v) is 20.1. The Labute approximate surface area is 199 Å². The van der Waals surface area contributed by atoms with Gasteiger partial charge in [-0.2, -0.15) is 4.31 Å². The second kappa shape index (κ2) is 9.51. The minimum atomic E-state index is -3.68. The second-order valence-corrected chi connectivity index (χ2v) is 11.5. The molecule has 0 saturated heterocycles. The first-order chi connectivity index (χ1) is 15.3. The largest absolute Gasteiger partial charge is 0.298 e. The van der Waals surface area contributed by atoms with Crippen molar-refractivity contribution in [1.29, 1.82) is 0 Å². The number of thiophene rings is 1. The van der Waals surface area contributed by atoms with Gasteiger partial charge in [0, 0.05) is 24.5 Å². The number of rotatable bonds is 7. The van der Waals surface area contributed by atoms with E-state index in [0.29, 0.717) is 15.0 Å². The summed E-state index contributed by atoms with van der Waals surface area (Å²) in [6.07, 6.45) is 0. The number of amides is 1. The lowest BCUT2D eigenvalue weighted by molar-refractivity contribution is 0.102. The van der Waals surface area contributed by atoms with Crippen molar-refractivity contribution in [3.63, 3.8) is 0 Å². The molecule has 32 heavy (non-hydrogen) atoms. The Morgan fingerprint density at radius 3 is 2.44 bits per heavy atom. The number of hydrogen-bond donors (Lipinski definition) is 1. The first-order valence-electron chi connectivity index (χ1n) is 9.46. The fraction of sp³-hybridized carbons (Fsp3) is 0.0909. The molecule has 0 atom stereocenters. The maximum absolute atomic E-state index is 12.9. The zero-order valence-electron chi connectivity index (χ0n) is 16.9. The minimum Gasteiger partial charge on any atom is -0.298 e. The van der Waals surface area contributed by atoms with E-state index in [0.717, 1.165) is 16.1 Å². The molecular weight excluding hydrogens is 486 g/mol. The Bertz CT molecular complexity index is 1330. The van der Waals surface area contributed by atoms with Crippen molar-refractivity contribution in [3.05, 3.63) is 87.6 Å². The van der Waals surface area contributed by atoms with Gasteiger partial charge in [-0.1, -0.05) is 41.9 Å². The Balaban J connectivity index is 1.43. The molecular formula is C22H18ClN3O3S3. The van der Waals surface area contributed by atoms with Crippen LogP contribution in [0.4, 0.5) is 5.13 Å². The molecule has 0 fully saturated rings. The van der Waals surface area contributed by atoms with Crippen LogP contribution in [0.25, 0.3) is 10.6 Å². The van der Waals surface area contributed by atoms with Crippen molar-refractivity contribution in [2.75, 3.05) is 12.4 Å². The van der Waals surface area contributed by atoms with Crippen LogP contribution in [0.3, 0.4) is 0 Å². The number of benzene rings is 2. The van der Waals surface area contributed by atoms with Crippen molar-refractivity contribution in [2.45, 2.75) is 11.4 Å². The maximum atomic E-state index is 12.9. The smallest absolute Gasteiger partial charge is 0.257 e. The lowest BCUT2D eigenvalue weighted by Crippen LogP contribution is -2.26. The van der Waals surface area contributed by atoms with Gasteiger partial charge in [-0.05, 0) is 42.0 Å². The van der Waals surface area contributed by atoms with Gasteiger partial charge in [0.15, 0.2) is 5.13 Å². The van der Waals surface area contributed by atoms with E-state index in [1.54, 1.807) is 6.07 Å². The van der Waals surface area contributed by atoms with Gasteiger partial charge in [0.05, 0.1) is 19.8 Å². The lowest BCUT2D eigenvalue weighted by atomic mass is 10.2. The summed E-state index contributed by atoms with van der Waals surface area (Å²) in [7, 11) is -2.15. The molecule has 10 heteroatoms. The molecule has 6 nitrogen and oxygen atoms in total. The second-order valence-electron chi connectivity index (χ2n) is 6.87. The number of nitrogens with zero attached hydrogens (tertiary/aromatic N) is 2. The van der Waals surface area contributed by atoms with Gasteiger partial charge in [-0.25, -0.2) is 13.4 Å². The molecule has 2 aromatic carbocycles. The van der Waals surface area contributed by atoms with Gasteiger partial charge in [0.25, 0.3) is 5.91 Å². The van der Waals surface area contributed by atoms with Crippen LogP contribution in [0.1, 0.15) is 15.9 Å². The Morgan fingerprint density at radius 2 is 1.78 bits per heavy atom. The molecule has 2 heterocycles. The van der Waals surface area contributed by atoms with E-state index in [1.165, 1.54) is 58.3 Å². The molecule has 0 saturated carbocycles. The molecule has 4 rings (SSSR count). The molecule has 1 amide bonds. The molecule has 0 unspecified atom stereocenters. The number of hydrogen-bond acceptors (Lipinski definition) is 6. The fourth-order valence-electron chi connectivity index (χ4n) is 2.95. The highest BCUT2D eigenvalue weighted by Crippen LogP contribution is 2.33. The van der Waals surface area contributed by atoms with E-state index in [4.69, 9.17) is 11.6 Å². The molecule has 1 N–H and O–H groups in total. The van der Waals surface area contributed by atoms with Crippen molar-refractivity contribution in [2.24, 2.45) is 0 Å². The van der Waals surface area contributed by atoms with Crippen LogP contribution in [0.5, 0.6) is 0 Å². The SMILES string of the molecule is CN(Cc1ccccc1)S(=O)(=O)c1ccc(C(=O)Nc2nc(-c3ccc(Cl)s3)cs2)cc1. The molecule has 0 aliphatic carbocycles. The number of nitrogens with one attached hydrogen (secondary N) is 1. The molecule has 4 aromatic rings. The topological polar surface area (TPSA) is 79.4 Å². The highest BCUT2D eigenvalue weighted by molar-refractivity contribution is 7.89. The summed E-state index contributed by atoms with van der Waals surface area (Å²) >= 11 is 8.68. The lowest BCUT2D eigenvalue weighted by Gasteiger charge is -2.17. The van der Waals surface area contributed by atoms with Crippen molar-refractivity contribution in [3.8, 4) is 10.6 Å². The number of carbonyl (C=O) groups excluding carboxylic acids is 1. The number of carbonyl (C=O) groups is 1. The van der Waals surface area contributed by atoms with E-state index in [2.05, 4.69) is 10.3 Å². The summed E-state index contributed by atoms with van der Waals surface area (Å²) in [6, 6.07) is 18.9. The summed E-state index contributed by atoms with van der Waals surface area (Å²) in [5.41, 5.74) is 1.97. The Hall–Kier alpha value is -2.56. The quantitative estimate of drug-likeness (QED) is 0.356. The van der Waals surface area contributed by atoms with Gasteiger partial charge in [0.2, 0.25) is 10.0 Å². The monoisotopic (exact) mass is 503 g/mol. The molecule has 0 aliphatic heterocycles. The van der Waals surface area contributed by atoms with Gasteiger partial charge in [-0.3, -0.25) is 10.1 Å². The number of sulfonamides is 1. The molecule has 0 aliphatic rings. The number of anilines is 1. The fourth-order valence-corrected chi connectivity index (χ4v) is 5.89. The highest BCUT2D eigenvalue weighted by atomic mass is 35.5. The van der Waals surface area contributed by atoms with Crippen LogP contribution in [0, 0.1) is 0 Å². The van der Waals surface area contributed by atoms with E-state index in [1.807, 2.05) is 41.8 Å². The van der Waals surface area contributed by atoms with Crippen molar-refractivity contribution >= 4 is 55.3 Å². The molecule has 164 valence electrons. The minimum absolute atomic E-state index is 0.124. The van der Waals surface area contributed by atoms with Crippen LogP contribution in [0.2, 0.25) is 4.34 Å². The maximum Gasteiger partial charge on any atom is 0.257 e. The van der Waals surface area contributed by atoms with Gasteiger partial charge in [0.1, 0.15) is 0 Å². The van der Waals surface area contributed by atoms with Crippen LogP contribution < -0.4 is 5.32 Å². The molecule has 2 aromatic heterocycles. The van der Waals surface area contributed by atoms with Crippen LogP contribution in [-0.4, -0.2) is 30.7 Å². The zero-order chi connectivity index (χ0) is 22.7. The predicted octanol–water partition coefficient (Wildman–Crippen LogP) is 5.60. The normalized spacial score (nSPS) is 11.6. The first-order valence-corrected chi connectivity index (χ1v) is 13.0. The Morgan fingerprint density at radius 1 is 1.06 bits per heavy atom. The summed E-state index contributed by atoms with van der Waals surface area (Å²) < 4.78 is 27.7. The third kappa shape index (κ3) is 5.08. The van der Waals surface area contributed by atoms with E-state index < -0.39 is 10.0 Å². The van der Waals surface area contributed by atoms with Crippen molar-refractivity contribution in [1.82, 2.24) is 9.29 Å². The third-order valence-corrected chi connectivity index (χ3v) is 8.45. The number of thiazole rings is 1. The molecule has 0 radical (unpaired) electrons. The van der Waals surface area contributed by atoms with Crippen LogP contribution in [-0.2, 0) is 16.6 Å². The van der Waals surface area contributed by atoms with Gasteiger partial charge < -0.3 is 0 Å². The van der Waals surface area contributed by atoms with E-state index in [-0.39, 0.29) is 17.3 Å². The van der Waals surface area contributed by atoms with Crippen molar-refractivity contribution < 1.29 is 13.2 Å². The first kappa shape index (κ1) is 22.6. The Kier molecular flexibility index (Phi) is 6.73. The third-order valence-electron chi connectivity index (χ3n) is 4.62. The van der Waals surface area contributed by atoms with E-state index in [9.17, 15) is 13.2 Å². The highest BCUT2D eigenvalue weighted by Gasteiger charge is 2.21. The van der Waals surface area contributed by atoms with Crippen LogP contribution in [0.15, 0.2) is 77.0 Å². The van der Waals surface area contributed by atoms with Crippen LogP contribution >= 0.6 is 34.3 Å². The number of aromatic nitrogens is 1. The molecule has 0 bridgehead atoms. The average Bonchev–Trinajstić information content (AvgIpc) is 3.43. The summed E-state index contributed by atoms with van der Waals surface area (Å²) in [6.45, 7) is 0.257. The van der Waals surface area contributed by atoms with Gasteiger partial charge >= 0.3 is 0 Å². The van der Waals surface area contributed by atoms with E-state index >= 15 is 0 Å². The standard InChI is InChI=1S/C22H18ClN3O3S3/c1-26(13-15-5-3-2-4-6-15)32(28,29)17-9-7-16(8-10-17)21(27)25-22-24-18(14-30-22)19-11-12-20(23)31-19/h2-12,14H,13H2,1H3,(H,24,25,27). The summed E-state index contributed by atoms with van der Waals surface area (Å²) in [5, 5.41) is 5.04. The molecule has 0 spiro atoms. The average molecular weight is 504 g/mol. The summed E-state index contributed by atoms with van der Waals surface area (Å²) in [4.78, 5) is 18.0. The van der Waals surface area contributed by atoms with Gasteiger partial charge in [-0.15, -0.1) is 22.7 Å². The predicted molar refractivity (Wildman–Crippen MR) is 130 cm³/mol. The number of halogens is 1.